The number of carboxylic acids is 1. The summed E-state index contributed by atoms with van der Waals surface area (Å²) in [6.07, 6.45) is 0. The number of aromatic amines is 1. The highest BCUT2D eigenvalue weighted by molar-refractivity contribution is 5.97. The van der Waals surface area contributed by atoms with Gasteiger partial charge in [0.15, 0.2) is 0 Å². The lowest BCUT2D eigenvalue weighted by Crippen LogP contribution is -2.14. The molecular formula is C18H18N2O3. The molecule has 0 bridgehead atoms. The van der Waals surface area contributed by atoms with E-state index in [1.165, 1.54) is 0 Å². The highest BCUT2D eigenvalue weighted by Gasteiger charge is 2.17. The third-order valence-electron chi connectivity index (χ3n) is 3.80. The zero-order valence-electron chi connectivity index (χ0n) is 12.8. The molecule has 3 aromatic rings. The summed E-state index contributed by atoms with van der Waals surface area (Å²) in [4.78, 5) is 14.5. The molecule has 0 spiro atoms. The van der Waals surface area contributed by atoms with E-state index < -0.39 is 5.97 Å². The standard InChI is InChI=1S/C18H18N2O3/c1-23-13-7-8-14-15(17(18(21)22)20-16(14)9-13)11-19-10-12-5-3-2-4-6-12/h2-9,19-20H,10-11H2,1H3,(H,21,22). The molecule has 3 rings (SSSR count). The normalized spacial score (nSPS) is 10.8. The fourth-order valence-corrected chi connectivity index (χ4v) is 2.66. The van der Waals surface area contributed by atoms with Crippen LogP contribution in [0, 0.1) is 0 Å². The molecule has 118 valence electrons. The summed E-state index contributed by atoms with van der Waals surface area (Å²) in [6.45, 7) is 1.16. The number of carbonyl (C=O) groups is 1. The quantitative estimate of drug-likeness (QED) is 0.654. The van der Waals surface area contributed by atoms with Crippen molar-refractivity contribution in [1.29, 1.82) is 0 Å². The van der Waals surface area contributed by atoms with Crippen LogP contribution in [0.3, 0.4) is 0 Å². The van der Waals surface area contributed by atoms with Crippen molar-refractivity contribution in [3.05, 3.63) is 65.4 Å². The molecule has 0 aliphatic carbocycles. The minimum absolute atomic E-state index is 0.216. The zero-order chi connectivity index (χ0) is 16.2. The van der Waals surface area contributed by atoms with Gasteiger partial charge in [0.1, 0.15) is 11.4 Å². The summed E-state index contributed by atoms with van der Waals surface area (Å²) in [5.74, 6) is -0.267. The molecule has 2 aromatic carbocycles. The molecule has 5 nitrogen and oxygen atoms in total. The maximum Gasteiger partial charge on any atom is 0.352 e. The van der Waals surface area contributed by atoms with Crippen molar-refractivity contribution >= 4 is 16.9 Å². The molecule has 0 amide bonds. The van der Waals surface area contributed by atoms with E-state index in [2.05, 4.69) is 10.3 Å². The van der Waals surface area contributed by atoms with Crippen molar-refractivity contribution in [2.45, 2.75) is 13.1 Å². The van der Waals surface area contributed by atoms with Crippen LogP contribution in [0.5, 0.6) is 5.75 Å². The van der Waals surface area contributed by atoms with Crippen LogP contribution >= 0.6 is 0 Å². The Bertz CT molecular complexity index is 825. The van der Waals surface area contributed by atoms with Gasteiger partial charge in [0, 0.05) is 30.1 Å². The lowest BCUT2D eigenvalue weighted by atomic mass is 10.1. The lowest BCUT2D eigenvalue weighted by molar-refractivity contribution is 0.0690. The van der Waals surface area contributed by atoms with Gasteiger partial charge < -0.3 is 20.1 Å². The molecule has 1 aromatic heterocycles. The van der Waals surface area contributed by atoms with Crippen molar-refractivity contribution in [3.8, 4) is 5.75 Å². The molecule has 23 heavy (non-hydrogen) atoms. The number of aromatic nitrogens is 1. The van der Waals surface area contributed by atoms with E-state index in [9.17, 15) is 9.90 Å². The number of fused-ring (bicyclic) bond motifs is 1. The van der Waals surface area contributed by atoms with Crippen molar-refractivity contribution in [2.75, 3.05) is 7.11 Å². The van der Waals surface area contributed by atoms with Crippen LogP contribution in [0.25, 0.3) is 10.9 Å². The summed E-state index contributed by atoms with van der Waals surface area (Å²) < 4.78 is 5.19. The van der Waals surface area contributed by atoms with E-state index in [1.54, 1.807) is 7.11 Å². The molecule has 0 saturated carbocycles. The number of H-pyrrole nitrogens is 1. The van der Waals surface area contributed by atoms with Crippen molar-refractivity contribution < 1.29 is 14.6 Å². The zero-order valence-corrected chi connectivity index (χ0v) is 12.8. The Balaban J connectivity index is 1.86. The van der Waals surface area contributed by atoms with Crippen LogP contribution in [-0.2, 0) is 13.1 Å². The van der Waals surface area contributed by atoms with Crippen LogP contribution in [0.2, 0.25) is 0 Å². The molecule has 1 heterocycles. The fourth-order valence-electron chi connectivity index (χ4n) is 2.66. The van der Waals surface area contributed by atoms with Crippen molar-refractivity contribution in [1.82, 2.24) is 10.3 Å². The largest absolute Gasteiger partial charge is 0.497 e. The monoisotopic (exact) mass is 310 g/mol. The van der Waals surface area contributed by atoms with Gasteiger partial charge in [-0.2, -0.15) is 0 Å². The van der Waals surface area contributed by atoms with Crippen LogP contribution in [0.15, 0.2) is 48.5 Å². The lowest BCUT2D eigenvalue weighted by Gasteiger charge is -2.06. The molecular weight excluding hydrogens is 292 g/mol. The van der Waals surface area contributed by atoms with E-state index in [4.69, 9.17) is 4.74 Å². The third-order valence-corrected chi connectivity index (χ3v) is 3.80. The Morgan fingerprint density at radius 1 is 1.17 bits per heavy atom. The SMILES string of the molecule is COc1ccc2c(CNCc3ccccc3)c(C(=O)O)[nH]c2c1. The minimum Gasteiger partial charge on any atom is -0.497 e. The topological polar surface area (TPSA) is 74.3 Å². The maximum atomic E-state index is 11.5. The first-order valence-electron chi connectivity index (χ1n) is 7.35. The first kappa shape index (κ1) is 15.1. The van der Waals surface area contributed by atoms with E-state index >= 15 is 0 Å². The van der Waals surface area contributed by atoms with Gasteiger partial charge in [0.05, 0.1) is 12.6 Å². The molecule has 0 atom stereocenters. The van der Waals surface area contributed by atoms with E-state index in [-0.39, 0.29) is 5.69 Å². The second kappa shape index (κ2) is 6.54. The first-order valence-corrected chi connectivity index (χ1v) is 7.35. The van der Waals surface area contributed by atoms with E-state index in [0.29, 0.717) is 18.8 Å². The highest BCUT2D eigenvalue weighted by Crippen LogP contribution is 2.26. The summed E-state index contributed by atoms with van der Waals surface area (Å²) in [5.41, 5.74) is 2.89. The third kappa shape index (κ3) is 3.19. The van der Waals surface area contributed by atoms with Crippen LogP contribution in [0.1, 0.15) is 21.6 Å². The van der Waals surface area contributed by atoms with Crippen molar-refractivity contribution in [2.24, 2.45) is 0 Å². The first-order chi connectivity index (χ1) is 11.2. The van der Waals surface area contributed by atoms with Crippen molar-refractivity contribution in [3.63, 3.8) is 0 Å². The number of carboxylic acid groups (broad SMARTS) is 1. The number of rotatable bonds is 6. The van der Waals surface area contributed by atoms with Crippen LogP contribution in [-0.4, -0.2) is 23.2 Å². The molecule has 0 aliphatic rings. The molecule has 5 heteroatoms. The average molecular weight is 310 g/mol. The molecule has 0 saturated heterocycles. The Morgan fingerprint density at radius 2 is 1.96 bits per heavy atom. The summed E-state index contributed by atoms with van der Waals surface area (Å²) in [5, 5.41) is 13.6. The molecule has 3 N–H and O–H groups in total. The predicted molar refractivity (Wildman–Crippen MR) is 88.8 cm³/mol. The van der Waals surface area contributed by atoms with Gasteiger partial charge >= 0.3 is 5.97 Å². The van der Waals surface area contributed by atoms with Crippen LogP contribution < -0.4 is 10.1 Å². The van der Waals surface area contributed by atoms with E-state index in [0.717, 1.165) is 22.0 Å². The second-order valence-corrected chi connectivity index (χ2v) is 5.28. The van der Waals surface area contributed by atoms with Gasteiger partial charge in [0.25, 0.3) is 0 Å². The highest BCUT2D eigenvalue weighted by atomic mass is 16.5. The number of ether oxygens (including phenoxy) is 1. The van der Waals surface area contributed by atoms with Gasteiger partial charge in [-0.1, -0.05) is 30.3 Å². The molecule has 0 aliphatic heterocycles. The summed E-state index contributed by atoms with van der Waals surface area (Å²) >= 11 is 0. The Hall–Kier alpha value is -2.79. The second-order valence-electron chi connectivity index (χ2n) is 5.28. The number of nitrogens with one attached hydrogen (secondary N) is 2. The summed E-state index contributed by atoms with van der Waals surface area (Å²) in [7, 11) is 1.59. The average Bonchev–Trinajstić information content (AvgIpc) is 2.94. The molecule has 0 fully saturated rings. The van der Waals surface area contributed by atoms with Gasteiger partial charge in [-0.3, -0.25) is 0 Å². The molecule has 0 unspecified atom stereocenters. The summed E-state index contributed by atoms with van der Waals surface area (Å²) in [6, 6.07) is 15.5. The van der Waals surface area contributed by atoms with E-state index in [1.807, 2.05) is 48.5 Å². The number of hydrogen-bond donors (Lipinski definition) is 3. The minimum atomic E-state index is -0.961. The number of benzene rings is 2. The molecule has 0 radical (unpaired) electrons. The maximum absolute atomic E-state index is 11.5. The number of aromatic carboxylic acids is 1. The van der Waals surface area contributed by atoms with Gasteiger partial charge in [-0.25, -0.2) is 4.79 Å². The van der Waals surface area contributed by atoms with Gasteiger partial charge in [-0.15, -0.1) is 0 Å². The Labute approximate surface area is 133 Å². The number of hydrogen-bond acceptors (Lipinski definition) is 3. The van der Waals surface area contributed by atoms with Crippen LogP contribution in [0.4, 0.5) is 0 Å². The number of methoxy groups -OCH3 is 1. The Morgan fingerprint density at radius 3 is 2.65 bits per heavy atom. The predicted octanol–water partition coefficient (Wildman–Crippen LogP) is 3.16. The van der Waals surface area contributed by atoms with Gasteiger partial charge in [-0.05, 0) is 17.7 Å². The fraction of sp³-hybridized carbons (Fsp3) is 0.167. The van der Waals surface area contributed by atoms with Gasteiger partial charge in [0.2, 0.25) is 0 Å². The Kier molecular flexibility index (Phi) is 4.30. The smallest absolute Gasteiger partial charge is 0.352 e.